The molecule has 0 unspecified atom stereocenters. The number of esters is 1. The molecule has 1 aliphatic heterocycles. The summed E-state index contributed by atoms with van der Waals surface area (Å²) in [7, 11) is 1.35. The van der Waals surface area contributed by atoms with Gasteiger partial charge in [0.2, 0.25) is 0 Å². The van der Waals surface area contributed by atoms with Gasteiger partial charge in [-0.1, -0.05) is 18.2 Å². The van der Waals surface area contributed by atoms with Crippen molar-refractivity contribution in [2.24, 2.45) is 0 Å². The SMILES string of the molecule is COC(=O)c1cccc(N2CCN(C(=O)c3ccccc3F)CC2)c1. The van der Waals surface area contributed by atoms with Crippen molar-refractivity contribution in [1.82, 2.24) is 4.90 Å². The van der Waals surface area contributed by atoms with Crippen LogP contribution in [0.1, 0.15) is 20.7 Å². The molecule has 0 N–H and O–H groups in total. The summed E-state index contributed by atoms with van der Waals surface area (Å²) >= 11 is 0. The van der Waals surface area contributed by atoms with Gasteiger partial charge in [-0.25, -0.2) is 9.18 Å². The minimum absolute atomic E-state index is 0.101. The van der Waals surface area contributed by atoms with E-state index in [9.17, 15) is 14.0 Å². The van der Waals surface area contributed by atoms with Crippen LogP contribution in [-0.2, 0) is 4.74 Å². The largest absolute Gasteiger partial charge is 0.465 e. The topological polar surface area (TPSA) is 49.9 Å². The van der Waals surface area contributed by atoms with Crippen molar-refractivity contribution < 1.29 is 18.7 Å². The molecule has 5 nitrogen and oxygen atoms in total. The zero-order valence-corrected chi connectivity index (χ0v) is 13.9. The number of halogens is 1. The van der Waals surface area contributed by atoms with Crippen LogP contribution >= 0.6 is 0 Å². The third-order valence-corrected chi connectivity index (χ3v) is 4.30. The van der Waals surface area contributed by atoms with Crippen LogP contribution in [-0.4, -0.2) is 50.1 Å². The van der Waals surface area contributed by atoms with E-state index in [2.05, 4.69) is 4.90 Å². The molecular weight excluding hydrogens is 323 g/mol. The number of anilines is 1. The molecule has 130 valence electrons. The number of amides is 1. The van der Waals surface area contributed by atoms with Crippen LogP contribution in [0.25, 0.3) is 0 Å². The monoisotopic (exact) mass is 342 g/mol. The fourth-order valence-electron chi connectivity index (χ4n) is 2.92. The molecule has 2 aromatic carbocycles. The Bertz CT molecular complexity index is 786. The highest BCUT2D eigenvalue weighted by molar-refractivity contribution is 5.94. The van der Waals surface area contributed by atoms with Gasteiger partial charge in [-0.2, -0.15) is 0 Å². The number of rotatable bonds is 3. The molecule has 0 radical (unpaired) electrons. The molecule has 1 heterocycles. The van der Waals surface area contributed by atoms with E-state index in [0.717, 1.165) is 5.69 Å². The molecule has 25 heavy (non-hydrogen) atoms. The number of ether oxygens (including phenoxy) is 1. The predicted octanol–water partition coefficient (Wildman–Crippen LogP) is 2.57. The van der Waals surface area contributed by atoms with Crippen molar-refractivity contribution in [2.45, 2.75) is 0 Å². The van der Waals surface area contributed by atoms with E-state index < -0.39 is 5.82 Å². The molecule has 0 spiro atoms. The second-order valence-corrected chi connectivity index (χ2v) is 5.80. The number of methoxy groups -OCH3 is 1. The second kappa shape index (κ2) is 7.34. The second-order valence-electron chi connectivity index (χ2n) is 5.80. The number of hydrogen-bond donors (Lipinski definition) is 0. The number of carbonyl (C=O) groups is 2. The Labute approximate surface area is 145 Å². The Morgan fingerprint density at radius 2 is 1.72 bits per heavy atom. The first kappa shape index (κ1) is 17.0. The van der Waals surface area contributed by atoms with E-state index in [1.807, 2.05) is 6.07 Å². The fraction of sp³-hybridized carbons (Fsp3) is 0.263. The van der Waals surface area contributed by atoms with E-state index in [0.29, 0.717) is 31.7 Å². The van der Waals surface area contributed by atoms with Crippen LogP contribution in [0.5, 0.6) is 0 Å². The van der Waals surface area contributed by atoms with Gasteiger partial charge in [0.25, 0.3) is 5.91 Å². The summed E-state index contributed by atoms with van der Waals surface area (Å²) in [5.41, 5.74) is 1.49. The van der Waals surface area contributed by atoms with Crippen LogP contribution in [0.3, 0.4) is 0 Å². The maximum Gasteiger partial charge on any atom is 0.337 e. The van der Waals surface area contributed by atoms with Crippen molar-refractivity contribution in [3.8, 4) is 0 Å². The molecule has 0 atom stereocenters. The highest BCUT2D eigenvalue weighted by atomic mass is 19.1. The molecule has 0 aliphatic carbocycles. The van der Waals surface area contributed by atoms with E-state index in [-0.39, 0.29) is 17.4 Å². The molecule has 3 rings (SSSR count). The van der Waals surface area contributed by atoms with E-state index in [1.165, 1.54) is 19.2 Å². The van der Waals surface area contributed by atoms with Gasteiger partial charge in [-0.15, -0.1) is 0 Å². The van der Waals surface area contributed by atoms with Gasteiger partial charge in [0.15, 0.2) is 0 Å². The molecule has 1 amide bonds. The minimum Gasteiger partial charge on any atom is -0.465 e. The maximum absolute atomic E-state index is 13.8. The Balaban J connectivity index is 1.67. The molecule has 1 saturated heterocycles. The maximum atomic E-state index is 13.8. The first-order valence-corrected chi connectivity index (χ1v) is 8.07. The third kappa shape index (κ3) is 3.63. The summed E-state index contributed by atoms with van der Waals surface area (Å²) in [6.07, 6.45) is 0. The van der Waals surface area contributed by atoms with Gasteiger partial charge in [0.05, 0.1) is 18.2 Å². The van der Waals surface area contributed by atoms with Gasteiger partial charge >= 0.3 is 5.97 Å². The number of piperazine rings is 1. The smallest absolute Gasteiger partial charge is 0.337 e. The number of benzene rings is 2. The van der Waals surface area contributed by atoms with Gasteiger partial charge in [0.1, 0.15) is 5.82 Å². The van der Waals surface area contributed by atoms with Crippen molar-refractivity contribution in [2.75, 3.05) is 38.2 Å². The van der Waals surface area contributed by atoms with Crippen molar-refractivity contribution in [1.29, 1.82) is 0 Å². The summed E-state index contributed by atoms with van der Waals surface area (Å²) in [6, 6.07) is 13.2. The molecule has 0 saturated carbocycles. The van der Waals surface area contributed by atoms with Gasteiger partial charge in [0, 0.05) is 31.9 Å². The highest BCUT2D eigenvalue weighted by Crippen LogP contribution is 2.20. The van der Waals surface area contributed by atoms with Crippen LogP contribution in [0, 0.1) is 5.82 Å². The lowest BCUT2D eigenvalue weighted by Gasteiger charge is -2.36. The van der Waals surface area contributed by atoms with Crippen LogP contribution in [0.2, 0.25) is 0 Å². The van der Waals surface area contributed by atoms with Crippen molar-refractivity contribution in [3.05, 3.63) is 65.5 Å². The van der Waals surface area contributed by atoms with Crippen LogP contribution in [0.15, 0.2) is 48.5 Å². The Morgan fingerprint density at radius 1 is 1.00 bits per heavy atom. The molecule has 0 bridgehead atoms. The molecule has 6 heteroatoms. The zero-order valence-electron chi connectivity index (χ0n) is 13.9. The fourth-order valence-corrected chi connectivity index (χ4v) is 2.92. The molecule has 1 fully saturated rings. The average Bonchev–Trinajstić information content (AvgIpc) is 2.67. The predicted molar refractivity (Wildman–Crippen MR) is 92.3 cm³/mol. The first-order valence-electron chi connectivity index (χ1n) is 8.07. The molecule has 2 aromatic rings. The Morgan fingerprint density at radius 3 is 2.40 bits per heavy atom. The van der Waals surface area contributed by atoms with Gasteiger partial charge in [-0.05, 0) is 30.3 Å². The summed E-state index contributed by atoms with van der Waals surface area (Å²) in [5, 5.41) is 0. The number of carbonyl (C=O) groups excluding carboxylic acids is 2. The summed E-state index contributed by atoms with van der Waals surface area (Å²) in [6.45, 7) is 2.22. The molecule has 0 aromatic heterocycles. The molecular formula is C19H19FN2O3. The summed E-state index contributed by atoms with van der Waals surface area (Å²) < 4.78 is 18.5. The lowest BCUT2D eigenvalue weighted by atomic mass is 10.1. The number of hydrogen-bond acceptors (Lipinski definition) is 4. The minimum atomic E-state index is -0.499. The lowest BCUT2D eigenvalue weighted by Crippen LogP contribution is -2.49. The van der Waals surface area contributed by atoms with Crippen LogP contribution in [0.4, 0.5) is 10.1 Å². The van der Waals surface area contributed by atoms with Gasteiger partial charge < -0.3 is 14.5 Å². The summed E-state index contributed by atoms with van der Waals surface area (Å²) in [4.78, 5) is 27.8. The van der Waals surface area contributed by atoms with E-state index in [4.69, 9.17) is 4.74 Å². The normalized spacial score (nSPS) is 14.3. The van der Waals surface area contributed by atoms with E-state index >= 15 is 0 Å². The Hall–Kier alpha value is -2.89. The lowest BCUT2D eigenvalue weighted by molar-refractivity contribution is 0.0600. The van der Waals surface area contributed by atoms with E-state index in [1.54, 1.807) is 35.2 Å². The zero-order chi connectivity index (χ0) is 17.8. The first-order chi connectivity index (χ1) is 12.1. The Kier molecular flexibility index (Phi) is 4.97. The quantitative estimate of drug-likeness (QED) is 0.805. The summed E-state index contributed by atoms with van der Waals surface area (Å²) in [5.74, 6) is -1.17. The third-order valence-electron chi connectivity index (χ3n) is 4.30. The molecule has 1 aliphatic rings. The number of nitrogens with zero attached hydrogens (tertiary/aromatic N) is 2. The van der Waals surface area contributed by atoms with Gasteiger partial charge in [-0.3, -0.25) is 4.79 Å². The average molecular weight is 342 g/mol. The standard InChI is InChI=1S/C19H19FN2O3/c1-25-19(24)14-5-4-6-15(13-14)21-9-11-22(12-10-21)18(23)16-7-2-3-8-17(16)20/h2-8,13H,9-12H2,1H3. The highest BCUT2D eigenvalue weighted by Gasteiger charge is 2.24. The van der Waals surface area contributed by atoms with Crippen molar-refractivity contribution in [3.63, 3.8) is 0 Å². The van der Waals surface area contributed by atoms with Crippen LogP contribution < -0.4 is 4.90 Å². The van der Waals surface area contributed by atoms with Crippen molar-refractivity contribution >= 4 is 17.6 Å².